The van der Waals surface area contributed by atoms with Crippen LogP contribution in [0.2, 0.25) is 0 Å². The Bertz CT molecular complexity index is 662. The van der Waals surface area contributed by atoms with Gasteiger partial charge in [-0.2, -0.15) is 0 Å². The maximum Gasteiger partial charge on any atom is 0.246 e. The van der Waals surface area contributed by atoms with Crippen LogP contribution in [-0.4, -0.2) is 62.5 Å². The monoisotopic (exact) mass is 360 g/mol. The normalized spacial score (nSPS) is 15.2. The third-order valence-corrected chi connectivity index (χ3v) is 4.50. The molecule has 0 saturated carbocycles. The average molecular weight is 360 g/mol. The topological polar surface area (TPSA) is 59.1 Å². The molecule has 2 rings (SSSR count). The fourth-order valence-electron chi connectivity index (χ4n) is 3.05. The molecule has 6 heteroatoms. The zero-order valence-corrected chi connectivity index (χ0v) is 16.0. The van der Waals surface area contributed by atoms with Gasteiger partial charge in [-0.15, -0.1) is 0 Å². The summed E-state index contributed by atoms with van der Waals surface area (Å²) in [7, 11) is 5.14. The number of methoxy groups -OCH3 is 1. The summed E-state index contributed by atoms with van der Waals surface area (Å²) in [5.41, 5.74) is 0.872. The van der Waals surface area contributed by atoms with Gasteiger partial charge in [0.05, 0.1) is 13.7 Å². The number of nitrogens with zero attached hydrogens (tertiary/aromatic N) is 2. The first kappa shape index (κ1) is 19.8. The molecule has 1 aliphatic rings. The second kappa shape index (κ2) is 9.27. The van der Waals surface area contributed by atoms with Crippen molar-refractivity contribution in [3.8, 4) is 11.5 Å². The Balaban J connectivity index is 1.95. The van der Waals surface area contributed by atoms with E-state index in [1.54, 1.807) is 43.2 Å². The Kier molecular flexibility index (Phi) is 7.06. The molecule has 142 valence electrons. The van der Waals surface area contributed by atoms with Gasteiger partial charge in [-0.3, -0.25) is 9.59 Å². The van der Waals surface area contributed by atoms with Crippen molar-refractivity contribution in [2.45, 2.75) is 19.8 Å². The molecule has 2 amide bonds. The molecule has 0 aromatic heterocycles. The fourth-order valence-corrected chi connectivity index (χ4v) is 3.05. The summed E-state index contributed by atoms with van der Waals surface area (Å²) in [5, 5.41) is 0. The quantitative estimate of drug-likeness (QED) is 0.731. The van der Waals surface area contributed by atoms with Gasteiger partial charge < -0.3 is 19.3 Å². The van der Waals surface area contributed by atoms with Gasteiger partial charge in [0.15, 0.2) is 11.5 Å². The number of amides is 2. The maximum absolute atomic E-state index is 12.4. The smallest absolute Gasteiger partial charge is 0.246 e. The highest BCUT2D eigenvalue weighted by Crippen LogP contribution is 2.28. The summed E-state index contributed by atoms with van der Waals surface area (Å²) in [4.78, 5) is 27.8. The zero-order valence-electron chi connectivity index (χ0n) is 16.0. The second-order valence-corrected chi connectivity index (χ2v) is 6.51. The van der Waals surface area contributed by atoms with E-state index < -0.39 is 0 Å². The number of piperidine rings is 1. The Morgan fingerprint density at radius 3 is 2.50 bits per heavy atom. The van der Waals surface area contributed by atoms with E-state index in [4.69, 9.17) is 9.47 Å². The van der Waals surface area contributed by atoms with E-state index in [0.717, 1.165) is 5.56 Å². The Morgan fingerprint density at radius 1 is 1.23 bits per heavy atom. The number of hydrogen-bond acceptors (Lipinski definition) is 4. The first-order valence-electron chi connectivity index (χ1n) is 8.95. The minimum atomic E-state index is -0.0337. The van der Waals surface area contributed by atoms with Gasteiger partial charge in [-0.1, -0.05) is 6.07 Å². The van der Waals surface area contributed by atoms with Crippen LogP contribution in [0.15, 0.2) is 24.3 Å². The number of carbonyl (C=O) groups is 2. The van der Waals surface area contributed by atoms with Gasteiger partial charge in [0.2, 0.25) is 11.8 Å². The Hall–Kier alpha value is -2.50. The summed E-state index contributed by atoms with van der Waals surface area (Å²) in [5.74, 6) is 1.46. The molecular formula is C20H28N2O4. The molecule has 1 aromatic carbocycles. The molecule has 26 heavy (non-hydrogen) atoms. The molecule has 1 fully saturated rings. The third-order valence-electron chi connectivity index (χ3n) is 4.50. The lowest BCUT2D eigenvalue weighted by Gasteiger charge is -2.31. The minimum Gasteiger partial charge on any atom is -0.493 e. The van der Waals surface area contributed by atoms with Crippen LogP contribution in [0.4, 0.5) is 0 Å². The van der Waals surface area contributed by atoms with Gasteiger partial charge in [0, 0.05) is 39.2 Å². The molecule has 1 heterocycles. The third kappa shape index (κ3) is 5.00. The van der Waals surface area contributed by atoms with Crippen LogP contribution in [0.1, 0.15) is 25.3 Å². The van der Waals surface area contributed by atoms with E-state index in [9.17, 15) is 9.59 Å². The van der Waals surface area contributed by atoms with Crippen molar-refractivity contribution in [1.82, 2.24) is 9.80 Å². The molecule has 1 aromatic rings. The molecule has 0 atom stereocenters. The Labute approximate surface area is 155 Å². The number of benzene rings is 1. The highest BCUT2D eigenvalue weighted by Gasteiger charge is 2.27. The number of carbonyl (C=O) groups excluding carboxylic acids is 2. The molecular weight excluding hydrogens is 332 g/mol. The predicted molar refractivity (Wildman–Crippen MR) is 101 cm³/mol. The highest BCUT2D eigenvalue weighted by molar-refractivity contribution is 5.92. The maximum atomic E-state index is 12.4. The van der Waals surface area contributed by atoms with E-state index >= 15 is 0 Å². The van der Waals surface area contributed by atoms with Crippen LogP contribution in [0.25, 0.3) is 6.08 Å². The fraction of sp³-hybridized carbons (Fsp3) is 0.500. The van der Waals surface area contributed by atoms with Crippen LogP contribution in [0.3, 0.4) is 0 Å². The summed E-state index contributed by atoms with van der Waals surface area (Å²) >= 11 is 0. The van der Waals surface area contributed by atoms with Crippen molar-refractivity contribution < 1.29 is 19.1 Å². The first-order valence-corrected chi connectivity index (χ1v) is 8.95. The Morgan fingerprint density at radius 2 is 1.92 bits per heavy atom. The lowest BCUT2D eigenvalue weighted by atomic mass is 9.95. The van der Waals surface area contributed by atoms with Crippen LogP contribution in [0, 0.1) is 5.92 Å². The molecule has 0 N–H and O–H groups in total. The van der Waals surface area contributed by atoms with Crippen molar-refractivity contribution in [3.05, 3.63) is 29.8 Å². The highest BCUT2D eigenvalue weighted by atomic mass is 16.5. The van der Waals surface area contributed by atoms with Gasteiger partial charge in [-0.25, -0.2) is 0 Å². The molecule has 0 radical (unpaired) electrons. The van der Waals surface area contributed by atoms with Crippen molar-refractivity contribution in [2.24, 2.45) is 5.92 Å². The van der Waals surface area contributed by atoms with E-state index in [1.807, 2.05) is 25.1 Å². The first-order chi connectivity index (χ1) is 12.5. The predicted octanol–water partition coefficient (Wildman–Crippen LogP) is 2.43. The molecule has 6 nitrogen and oxygen atoms in total. The molecule has 0 bridgehead atoms. The van der Waals surface area contributed by atoms with E-state index in [1.165, 1.54) is 0 Å². The van der Waals surface area contributed by atoms with E-state index in [2.05, 4.69) is 0 Å². The summed E-state index contributed by atoms with van der Waals surface area (Å²) in [6.07, 6.45) is 4.78. The van der Waals surface area contributed by atoms with Gasteiger partial charge in [0.25, 0.3) is 0 Å². The summed E-state index contributed by atoms with van der Waals surface area (Å²) in [6.45, 7) is 3.71. The van der Waals surface area contributed by atoms with Crippen LogP contribution in [-0.2, 0) is 9.59 Å². The number of likely N-dealkylation sites (tertiary alicyclic amines) is 1. The summed E-state index contributed by atoms with van der Waals surface area (Å²) in [6, 6.07) is 5.57. The van der Waals surface area contributed by atoms with Crippen molar-refractivity contribution in [3.63, 3.8) is 0 Å². The van der Waals surface area contributed by atoms with Gasteiger partial charge in [0.1, 0.15) is 0 Å². The molecule has 1 aliphatic heterocycles. The van der Waals surface area contributed by atoms with E-state index in [-0.39, 0.29) is 17.7 Å². The van der Waals surface area contributed by atoms with Crippen molar-refractivity contribution in [1.29, 1.82) is 0 Å². The SMILES string of the molecule is CCOc1ccc(C=CC(=O)N2CCC(C(=O)N(C)C)CC2)cc1OC. The van der Waals surface area contributed by atoms with Crippen molar-refractivity contribution >= 4 is 17.9 Å². The number of hydrogen-bond donors (Lipinski definition) is 0. The lowest BCUT2D eigenvalue weighted by molar-refractivity contribution is -0.137. The van der Waals surface area contributed by atoms with Crippen molar-refractivity contribution in [2.75, 3.05) is 40.9 Å². The standard InChI is InChI=1S/C20H28N2O4/c1-5-26-17-8-6-15(14-18(17)25-4)7-9-19(23)22-12-10-16(11-13-22)20(24)21(2)3/h6-9,14,16H,5,10-13H2,1-4H3. The summed E-state index contributed by atoms with van der Waals surface area (Å²) < 4.78 is 10.8. The number of ether oxygens (including phenoxy) is 2. The second-order valence-electron chi connectivity index (χ2n) is 6.51. The zero-order chi connectivity index (χ0) is 19.1. The van der Waals surface area contributed by atoms with Crippen LogP contribution >= 0.6 is 0 Å². The van der Waals surface area contributed by atoms with Gasteiger partial charge >= 0.3 is 0 Å². The van der Waals surface area contributed by atoms with Crippen LogP contribution in [0.5, 0.6) is 11.5 Å². The van der Waals surface area contributed by atoms with Crippen LogP contribution < -0.4 is 9.47 Å². The average Bonchev–Trinajstić information content (AvgIpc) is 2.66. The van der Waals surface area contributed by atoms with E-state index in [0.29, 0.717) is 44.0 Å². The largest absolute Gasteiger partial charge is 0.493 e. The lowest BCUT2D eigenvalue weighted by Crippen LogP contribution is -2.42. The minimum absolute atomic E-state index is 0.0217. The number of rotatable bonds is 6. The molecule has 0 aliphatic carbocycles. The molecule has 0 unspecified atom stereocenters. The van der Waals surface area contributed by atoms with Gasteiger partial charge in [-0.05, 0) is 43.5 Å². The molecule has 0 spiro atoms. The molecule has 1 saturated heterocycles.